The van der Waals surface area contributed by atoms with Crippen molar-refractivity contribution in [1.82, 2.24) is 4.90 Å². The minimum Gasteiger partial charge on any atom is -0.335 e. The largest absolute Gasteiger partial charge is 0.335 e. The van der Waals surface area contributed by atoms with Gasteiger partial charge in [0.15, 0.2) is 0 Å². The van der Waals surface area contributed by atoms with Crippen LogP contribution in [-0.4, -0.2) is 28.7 Å². The van der Waals surface area contributed by atoms with Crippen LogP contribution in [0.1, 0.15) is 41.6 Å². The van der Waals surface area contributed by atoms with Gasteiger partial charge in [0, 0.05) is 17.9 Å². The number of alkyl halides is 1. The number of carbonyl (C=O) groups is 1. The molecule has 1 aliphatic rings. The molecule has 0 aromatic heterocycles. The van der Waals surface area contributed by atoms with Crippen molar-refractivity contribution in [3.8, 4) is 0 Å². The van der Waals surface area contributed by atoms with Crippen LogP contribution in [0.3, 0.4) is 0 Å². The van der Waals surface area contributed by atoms with Crippen LogP contribution in [-0.2, 0) is 0 Å². The monoisotopic (exact) mass is 345 g/mol. The van der Waals surface area contributed by atoms with Gasteiger partial charge < -0.3 is 4.90 Å². The van der Waals surface area contributed by atoms with E-state index in [4.69, 9.17) is 0 Å². The van der Waals surface area contributed by atoms with E-state index >= 15 is 0 Å². The standard InChI is InChI=1S/C15H18BrF2NO/c1-10-6-7-12(17)13(14(10)18)15(20)19-9-3-5-11(19)4-2-8-16/h6-7,11H,2-5,8-9H2,1H3. The van der Waals surface area contributed by atoms with Gasteiger partial charge >= 0.3 is 0 Å². The van der Waals surface area contributed by atoms with Crippen LogP contribution in [0.5, 0.6) is 0 Å². The molecule has 0 spiro atoms. The van der Waals surface area contributed by atoms with Gasteiger partial charge in [-0.05, 0) is 44.2 Å². The van der Waals surface area contributed by atoms with Gasteiger partial charge in [-0.15, -0.1) is 0 Å². The lowest BCUT2D eigenvalue weighted by Gasteiger charge is -2.25. The Morgan fingerprint density at radius 3 is 2.90 bits per heavy atom. The first kappa shape index (κ1) is 15.4. The molecule has 0 saturated carbocycles. The number of hydrogen-bond acceptors (Lipinski definition) is 1. The molecule has 0 N–H and O–H groups in total. The van der Waals surface area contributed by atoms with Gasteiger partial charge in [-0.25, -0.2) is 8.78 Å². The third-order valence-electron chi connectivity index (χ3n) is 3.81. The molecule has 1 heterocycles. The number of rotatable bonds is 4. The predicted molar refractivity (Wildman–Crippen MR) is 78.2 cm³/mol. The predicted octanol–water partition coefficient (Wildman–Crippen LogP) is 4.05. The molecule has 1 amide bonds. The first-order chi connectivity index (χ1) is 9.56. The van der Waals surface area contributed by atoms with Crippen molar-refractivity contribution in [2.24, 2.45) is 0 Å². The number of likely N-dealkylation sites (tertiary alicyclic amines) is 1. The van der Waals surface area contributed by atoms with Gasteiger partial charge in [0.05, 0.1) is 0 Å². The van der Waals surface area contributed by atoms with Crippen LogP contribution in [0.25, 0.3) is 0 Å². The van der Waals surface area contributed by atoms with Gasteiger partial charge in [0.25, 0.3) is 5.91 Å². The summed E-state index contributed by atoms with van der Waals surface area (Å²) in [6, 6.07) is 2.61. The summed E-state index contributed by atoms with van der Waals surface area (Å²) in [4.78, 5) is 14.1. The summed E-state index contributed by atoms with van der Waals surface area (Å²) in [5.74, 6) is -2.02. The summed E-state index contributed by atoms with van der Waals surface area (Å²) in [7, 11) is 0. The lowest BCUT2D eigenvalue weighted by Crippen LogP contribution is -2.36. The van der Waals surface area contributed by atoms with Gasteiger partial charge in [-0.1, -0.05) is 22.0 Å². The molecule has 1 aromatic rings. The zero-order valence-corrected chi connectivity index (χ0v) is 13.1. The van der Waals surface area contributed by atoms with E-state index in [0.29, 0.717) is 12.1 Å². The highest BCUT2D eigenvalue weighted by molar-refractivity contribution is 9.09. The molecular formula is C15H18BrF2NO. The van der Waals surface area contributed by atoms with Gasteiger partial charge in [0.2, 0.25) is 0 Å². The molecule has 0 aliphatic carbocycles. The summed E-state index contributed by atoms with van der Waals surface area (Å²) in [5.41, 5.74) is -0.110. The Hall–Kier alpha value is -0.970. The van der Waals surface area contributed by atoms with Gasteiger partial charge in [0.1, 0.15) is 17.2 Å². The smallest absolute Gasteiger partial charge is 0.260 e. The second-order valence-corrected chi connectivity index (χ2v) is 5.97. The summed E-state index contributed by atoms with van der Waals surface area (Å²) in [6.45, 7) is 2.12. The third-order valence-corrected chi connectivity index (χ3v) is 4.37. The highest BCUT2D eigenvalue weighted by Gasteiger charge is 2.32. The average molecular weight is 346 g/mol. The van der Waals surface area contributed by atoms with Crippen LogP contribution < -0.4 is 0 Å². The second kappa shape index (κ2) is 6.66. The topological polar surface area (TPSA) is 20.3 Å². The first-order valence-electron chi connectivity index (χ1n) is 6.87. The van der Waals surface area contributed by atoms with Gasteiger partial charge in [-0.2, -0.15) is 0 Å². The van der Waals surface area contributed by atoms with E-state index in [1.807, 2.05) is 0 Å². The molecule has 5 heteroatoms. The molecule has 20 heavy (non-hydrogen) atoms. The Morgan fingerprint density at radius 1 is 1.45 bits per heavy atom. The molecule has 0 radical (unpaired) electrons. The van der Waals surface area contributed by atoms with Crippen molar-refractivity contribution in [3.05, 3.63) is 34.9 Å². The number of halogens is 3. The molecular weight excluding hydrogens is 328 g/mol. The van der Waals surface area contributed by atoms with Crippen molar-refractivity contribution in [1.29, 1.82) is 0 Å². The van der Waals surface area contributed by atoms with Crippen molar-refractivity contribution in [3.63, 3.8) is 0 Å². The number of amides is 1. The van der Waals surface area contributed by atoms with Crippen LogP contribution in [0.4, 0.5) is 8.78 Å². The molecule has 110 valence electrons. The Balaban J connectivity index is 2.25. The first-order valence-corrected chi connectivity index (χ1v) is 8.00. The molecule has 1 fully saturated rings. The van der Waals surface area contributed by atoms with Gasteiger partial charge in [-0.3, -0.25) is 4.79 Å². The number of carbonyl (C=O) groups excluding carboxylic acids is 1. The third kappa shape index (κ3) is 3.03. The van der Waals surface area contributed by atoms with E-state index in [-0.39, 0.29) is 6.04 Å². The lowest BCUT2D eigenvalue weighted by molar-refractivity contribution is 0.0720. The van der Waals surface area contributed by atoms with Crippen LogP contribution in [0, 0.1) is 18.6 Å². The maximum absolute atomic E-state index is 14.1. The Morgan fingerprint density at radius 2 is 2.20 bits per heavy atom. The molecule has 1 atom stereocenters. The fraction of sp³-hybridized carbons (Fsp3) is 0.533. The lowest BCUT2D eigenvalue weighted by atomic mass is 10.1. The zero-order chi connectivity index (χ0) is 14.7. The van der Waals surface area contributed by atoms with E-state index in [9.17, 15) is 13.6 Å². The number of aryl methyl sites for hydroxylation is 1. The Labute approximate surface area is 126 Å². The van der Waals surface area contributed by atoms with E-state index in [2.05, 4.69) is 15.9 Å². The zero-order valence-electron chi connectivity index (χ0n) is 11.5. The number of nitrogens with zero attached hydrogens (tertiary/aromatic N) is 1. The number of benzene rings is 1. The fourth-order valence-corrected chi connectivity index (χ4v) is 3.04. The van der Waals surface area contributed by atoms with E-state index in [1.165, 1.54) is 13.0 Å². The summed E-state index contributed by atoms with van der Waals surface area (Å²) >= 11 is 3.37. The van der Waals surface area contributed by atoms with Crippen molar-refractivity contribution in [2.45, 2.75) is 38.6 Å². The normalized spacial score (nSPS) is 18.6. The Bertz CT molecular complexity index is 507. The second-order valence-electron chi connectivity index (χ2n) is 5.18. The molecule has 1 saturated heterocycles. The van der Waals surface area contributed by atoms with Crippen molar-refractivity contribution >= 4 is 21.8 Å². The molecule has 2 rings (SSSR count). The summed E-state index contributed by atoms with van der Waals surface area (Å²) < 4.78 is 27.9. The highest BCUT2D eigenvalue weighted by Crippen LogP contribution is 2.26. The number of hydrogen-bond donors (Lipinski definition) is 0. The fourth-order valence-electron chi connectivity index (χ4n) is 2.71. The highest BCUT2D eigenvalue weighted by atomic mass is 79.9. The maximum atomic E-state index is 14.1. The van der Waals surface area contributed by atoms with E-state index in [1.54, 1.807) is 4.90 Å². The molecule has 2 nitrogen and oxygen atoms in total. The summed E-state index contributed by atoms with van der Waals surface area (Å²) in [6.07, 6.45) is 3.63. The van der Waals surface area contributed by atoms with E-state index in [0.717, 1.165) is 37.1 Å². The van der Waals surface area contributed by atoms with Crippen molar-refractivity contribution < 1.29 is 13.6 Å². The molecule has 1 aromatic carbocycles. The maximum Gasteiger partial charge on any atom is 0.260 e. The van der Waals surface area contributed by atoms with Crippen LogP contribution in [0.2, 0.25) is 0 Å². The van der Waals surface area contributed by atoms with Crippen LogP contribution in [0.15, 0.2) is 12.1 Å². The SMILES string of the molecule is Cc1ccc(F)c(C(=O)N2CCCC2CCCBr)c1F. The minimum absolute atomic E-state index is 0.0966. The van der Waals surface area contributed by atoms with Crippen molar-refractivity contribution in [2.75, 3.05) is 11.9 Å². The van der Waals surface area contributed by atoms with Crippen LogP contribution >= 0.6 is 15.9 Å². The molecule has 1 aliphatic heterocycles. The quantitative estimate of drug-likeness (QED) is 0.753. The molecule has 1 unspecified atom stereocenters. The average Bonchev–Trinajstić information content (AvgIpc) is 2.89. The minimum atomic E-state index is -0.774. The Kier molecular flexibility index (Phi) is 5.13. The van der Waals surface area contributed by atoms with E-state index < -0.39 is 23.1 Å². The summed E-state index contributed by atoms with van der Waals surface area (Å²) in [5, 5.41) is 0.874. The molecule has 0 bridgehead atoms.